The Kier molecular flexibility index (Phi) is 4.75. The lowest BCUT2D eigenvalue weighted by Crippen LogP contribution is -2.12. The highest BCUT2D eigenvalue weighted by Gasteiger charge is 2.11. The Bertz CT molecular complexity index is 499. The van der Waals surface area contributed by atoms with E-state index in [0.717, 1.165) is 19.3 Å². The van der Waals surface area contributed by atoms with Gasteiger partial charge >= 0.3 is 0 Å². The zero-order valence-electron chi connectivity index (χ0n) is 9.90. The maximum Gasteiger partial charge on any atom is 0.129 e. The molecule has 2 rings (SSSR count). The maximum atomic E-state index is 13.6. The maximum absolute atomic E-state index is 13.6. The number of aryl methyl sites for hydroxylation is 1. The van der Waals surface area contributed by atoms with Crippen molar-refractivity contribution in [2.24, 2.45) is 5.73 Å². The van der Waals surface area contributed by atoms with Crippen LogP contribution in [0.25, 0.3) is 0 Å². The van der Waals surface area contributed by atoms with Crippen LogP contribution in [0, 0.1) is 5.82 Å². The first kappa shape index (κ1) is 13.5. The zero-order chi connectivity index (χ0) is 13.0. The van der Waals surface area contributed by atoms with E-state index >= 15 is 0 Å². The molecule has 2 aromatic rings. The molecule has 0 radical (unpaired) electrons. The van der Waals surface area contributed by atoms with Crippen LogP contribution < -0.4 is 5.73 Å². The second kappa shape index (κ2) is 6.32. The molecule has 1 aromatic heterocycles. The third kappa shape index (κ3) is 3.55. The first-order valence-electron chi connectivity index (χ1n) is 5.89. The molecule has 0 spiro atoms. The summed E-state index contributed by atoms with van der Waals surface area (Å²) in [7, 11) is 0. The van der Waals surface area contributed by atoms with E-state index in [9.17, 15) is 4.39 Å². The van der Waals surface area contributed by atoms with Gasteiger partial charge in [-0.25, -0.2) is 4.39 Å². The third-order valence-electron chi connectivity index (χ3n) is 2.88. The smallest absolute Gasteiger partial charge is 0.129 e. The molecule has 0 fully saturated rings. The standard InChI is InChI=1S/C14H15ClFNS/c15-10-6-7-12(13(16)9-10)14(17)5-1-3-11-4-2-8-18-11/h2,4,6-9,14H,1,3,5,17H2. The Morgan fingerprint density at radius 2 is 2.17 bits per heavy atom. The van der Waals surface area contributed by atoms with Crippen LogP contribution in [0.1, 0.15) is 29.3 Å². The lowest BCUT2D eigenvalue weighted by molar-refractivity contribution is 0.551. The fourth-order valence-corrected chi connectivity index (χ4v) is 2.82. The summed E-state index contributed by atoms with van der Waals surface area (Å²) in [6, 6.07) is 8.56. The summed E-state index contributed by atoms with van der Waals surface area (Å²) in [4.78, 5) is 1.35. The van der Waals surface area contributed by atoms with E-state index in [2.05, 4.69) is 11.4 Å². The van der Waals surface area contributed by atoms with Gasteiger partial charge in [-0.05, 0) is 42.8 Å². The van der Waals surface area contributed by atoms with Crippen molar-refractivity contribution in [1.82, 2.24) is 0 Å². The van der Waals surface area contributed by atoms with E-state index in [-0.39, 0.29) is 11.9 Å². The Hall–Kier alpha value is -0.900. The molecule has 1 unspecified atom stereocenters. The lowest BCUT2D eigenvalue weighted by atomic mass is 10.0. The first-order valence-corrected chi connectivity index (χ1v) is 7.15. The van der Waals surface area contributed by atoms with Crippen LogP contribution in [0.5, 0.6) is 0 Å². The molecule has 2 N–H and O–H groups in total. The van der Waals surface area contributed by atoms with Gasteiger partial charge in [0.05, 0.1) is 0 Å². The number of rotatable bonds is 5. The van der Waals surface area contributed by atoms with Crippen molar-refractivity contribution in [3.05, 3.63) is 57.0 Å². The van der Waals surface area contributed by atoms with Crippen molar-refractivity contribution in [2.75, 3.05) is 0 Å². The minimum Gasteiger partial charge on any atom is -0.324 e. The predicted octanol–water partition coefficient (Wildman–Crippen LogP) is 4.56. The molecule has 1 atom stereocenters. The monoisotopic (exact) mass is 283 g/mol. The summed E-state index contributed by atoms with van der Waals surface area (Å²) in [5.41, 5.74) is 6.55. The van der Waals surface area contributed by atoms with E-state index < -0.39 is 0 Å². The normalized spacial score (nSPS) is 12.6. The molecule has 1 heterocycles. The Labute approximate surface area is 115 Å². The zero-order valence-corrected chi connectivity index (χ0v) is 11.5. The van der Waals surface area contributed by atoms with Crippen molar-refractivity contribution < 1.29 is 4.39 Å². The Morgan fingerprint density at radius 3 is 2.83 bits per heavy atom. The van der Waals surface area contributed by atoms with Crippen LogP contribution in [0.4, 0.5) is 4.39 Å². The minimum absolute atomic E-state index is 0.262. The molecule has 0 aliphatic carbocycles. The van der Waals surface area contributed by atoms with Gasteiger partial charge < -0.3 is 5.73 Å². The molecule has 4 heteroatoms. The average Bonchev–Trinajstić information content (AvgIpc) is 2.81. The highest BCUT2D eigenvalue weighted by molar-refractivity contribution is 7.09. The summed E-state index contributed by atoms with van der Waals surface area (Å²) in [6.07, 6.45) is 2.74. The average molecular weight is 284 g/mol. The molecule has 0 saturated carbocycles. The quantitative estimate of drug-likeness (QED) is 0.855. The first-order chi connectivity index (χ1) is 8.66. The fraction of sp³-hybridized carbons (Fsp3) is 0.286. The van der Waals surface area contributed by atoms with Crippen LogP contribution in [-0.2, 0) is 6.42 Å². The number of halogens is 2. The SMILES string of the molecule is NC(CCCc1cccs1)c1ccc(Cl)cc1F. The van der Waals surface area contributed by atoms with Gasteiger partial charge in [0.1, 0.15) is 5.82 Å². The highest BCUT2D eigenvalue weighted by atomic mass is 35.5. The van der Waals surface area contributed by atoms with Crippen molar-refractivity contribution in [2.45, 2.75) is 25.3 Å². The molecular formula is C14H15ClFNS. The molecule has 1 aromatic carbocycles. The second-order valence-electron chi connectivity index (χ2n) is 4.24. The fourth-order valence-electron chi connectivity index (χ4n) is 1.91. The molecule has 0 saturated heterocycles. The molecule has 0 amide bonds. The molecular weight excluding hydrogens is 269 g/mol. The van der Waals surface area contributed by atoms with E-state index in [4.69, 9.17) is 17.3 Å². The second-order valence-corrected chi connectivity index (χ2v) is 5.71. The molecule has 0 aliphatic rings. The van der Waals surface area contributed by atoms with E-state index in [1.54, 1.807) is 23.5 Å². The van der Waals surface area contributed by atoms with Gasteiger partial charge in [0.25, 0.3) is 0 Å². The van der Waals surface area contributed by atoms with Gasteiger partial charge in [-0.15, -0.1) is 11.3 Å². The number of nitrogens with two attached hydrogens (primary N) is 1. The number of thiophene rings is 1. The number of hydrogen-bond donors (Lipinski definition) is 1. The van der Waals surface area contributed by atoms with Gasteiger partial charge in [0.15, 0.2) is 0 Å². The van der Waals surface area contributed by atoms with Gasteiger partial charge in [-0.1, -0.05) is 23.7 Å². The van der Waals surface area contributed by atoms with Crippen molar-refractivity contribution in [1.29, 1.82) is 0 Å². The number of hydrogen-bond acceptors (Lipinski definition) is 2. The van der Waals surface area contributed by atoms with E-state index in [1.807, 2.05) is 6.07 Å². The molecule has 1 nitrogen and oxygen atoms in total. The summed E-state index contributed by atoms with van der Waals surface area (Å²) in [6.45, 7) is 0. The van der Waals surface area contributed by atoms with Gasteiger partial charge in [0, 0.05) is 21.5 Å². The van der Waals surface area contributed by atoms with E-state index in [0.29, 0.717) is 10.6 Å². The van der Waals surface area contributed by atoms with Crippen molar-refractivity contribution in [3.63, 3.8) is 0 Å². The van der Waals surface area contributed by atoms with Crippen LogP contribution in [0.2, 0.25) is 5.02 Å². The lowest BCUT2D eigenvalue weighted by Gasteiger charge is -2.12. The Balaban J connectivity index is 1.89. The van der Waals surface area contributed by atoms with Gasteiger partial charge in [0.2, 0.25) is 0 Å². The third-order valence-corrected chi connectivity index (χ3v) is 4.05. The van der Waals surface area contributed by atoms with Crippen LogP contribution in [0.15, 0.2) is 35.7 Å². The Morgan fingerprint density at radius 1 is 1.33 bits per heavy atom. The van der Waals surface area contributed by atoms with Gasteiger partial charge in [-0.2, -0.15) is 0 Å². The van der Waals surface area contributed by atoms with Crippen molar-refractivity contribution in [3.8, 4) is 0 Å². The largest absolute Gasteiger partial charge is 0.324 e. The predicted molar refractivity (Wildman–Crippen MR) is 75.6 cm³/mol. The summed E-state index contributed by atoms with van der Waals surface area (Å²) < 4.78 is 13.6. The van der Waals surface area contributed by atoms with E-state index in [1.165, 1.54) is 10.9 Å². The van der Waals surface area contributed by atoms with Crippen molar-refractivity contribution >= 4 is 22.9 Å². The highest BCUT2D eigenvalue weighted by Crippen LogP contribution is 2.23. The molecule has 0 bridgehead atoms. The summed E-state index contributed by atoms with van der Waals surface area (Å²) in [5.74, 6) is -0.314. The minimum atomic E-state index is -0.314. The van der Waals surface area contributed by atoms with Gasteiger partial charge in [-0.3, -0.25) is 0 Å². The molecule has 96 valence electrons. The summed E-state index contributed by atoms with van der Waals surface area (Å²) in [5, 5.41) is 2.47. The summed E-state index contributed by atoms with van der Waals surface area (Å²) >= 11 is 7.46. The molecule has 18 heavy (non-hydrogen) atoms. The van der Waals surface area contributed by atoms with Crippen LogP contribution >= 0.6 is 22.9 Å². The number of benzene rings is 1. The topological polar surface area (TPSA) is 26.0 Å². The van der Waals surface area contributed by atoms with Crippen LogP contribution in [-0.4, -0.2) is 0 Å². The molecule has 0 aliphatic heterocycles. The van der Waals surface area contributed by atoms with Crippen LogP contribution in [0.3, 0.4) is 0 Å².